The molecule has 0 aliphatic heterocycles. The summed E-state index contributed by atoms with van der Waals surface area (Å²) in [6.45, 7) is 2.15. The largest absolute Gasteiger partial charge is 0.618 e. The number of H-pyrrole nitrogens is 1. The van der Waals surface area contributed by atoms with Crippen molar-refractivity contribution in [1.29, 1.82) is 0 Å². The lowest BCUT2D eigenvalue weighted by Gasteiger charge is -2.02. The van der Waals surface area contributed by atoms with Crippen LogP contribution in [0.3, 0.4) is 0 Å². The van der Waals surface area contributed by atoms with Crippen LogP contribution in [0.15, 0.2) is 54.7 Å². The molecular weight excluding hydrogens is 304 g/mol. The molecule has 0 saturated heterocycles. The Kier molecular flexibility index (Phi) is 4.56. The van der Waals surface area contributed by atoms with Crippen molar-refractivity contribution < 1.29 is 9.52 Å². The molecule has 24 heavy (non-hydrogen) atoms. The van der Waals surface area contributed by atoms with Gasteiger partial charge in [-0.15, -0.1) is 0 Å². The van der Waals surface area contributed by atoms with Crippen molar-refractivity contribution in [2.75, 3.05) is 5.32 Å². The second-order valence-corrected chi connectivity index (χ2v) is 5.48. The van der Waals surface area contributed by atoms with Gasteiger partial charge in [0, 0.05) is 18.2 Å². The van der Waals surface area contributed by atoms with Crippen LogP contribution in [-0.2, 0) is 6.42 Å². The van der Waals surface area contributed by atoms with Crippen molar-refractivity contribution in [3.8, 4) is 11.3 Å². The lowest BCUT2D eigenvalue weighted by molar-refractivity contribution is -0.607. The molecule has 0 bridgehead atoms. The molecule has 3 rings (SSSR count). The molecule has 0 radical (unpaired) electrons. The Morgan fingerprint density at radius 1 is 1.25 bits per heavy atom. The summed E-state index contributed by atoms with van der Waals surface area (Å²) < 4.78 is 0.523. The van der Waals surface area contributed by atoms with Gasteiger partial charge in [-0.1, -0.05) is 37.6 Å². The number of rotatable bonds is 5. The standard InChI is InChI=1S/C18H18N4O2/c1-2-5-13-7-9-14(10-8-13)15-12-17(21-20-15)19-18(23)16-6-3-4-11-22(16)24/h3-4,6-12H,2,5H2,1H3,(H2,19,20,21,23). The Morgan fingerprint density at radius 3 is 2.75 bits per heavy atom. The van der Waals surface area contributed by atoms with E-state index < -0.39 is 5.91 Å². The zero-order valence-corrected chi connectivity index (χ0v) is 13.3. The smallest absolute Gasteiger partial charge is 0.322 e. The summed E-state index contributed by atoms with van der Waals surface area (Å²) in [6.07, 6.45) is 3.44. The highest BCUT2D eigenvalue weighted by atomic mass is 16.5. The van der Waals surface area contributed by atoms with Crippen molar-refractivity contribution in [2.24, 2.45) is 0 Å². The first kappa shape index (κ1) is 15.7. The van der Waals surface area contributed by atoms with E-state index in [1.165, 1.54) is 17.8 Å². The quantitative estimate of drug-likeness (QED) is 0.559. The minimum Gasteiger partial charge on any atom is -0.618 e. The highest BCUT2D eigenvalue weighted by Gasteiger charge is 2.16. The second-order valence-electron chi connectivity index (χ2n) is 5.48. The maximum atomic E-state index is 12.1. The van der Waals surface area contributed by atoms with Gasteiger partial charge < -0.3 is 5.21 Å². The third-order valence-corrected chi connectivity index (χ3v) is 3.68. The summed E-state index contributed by atoms with van der Waals surface area (Å²) in [4.78, 5) is 12.1. The molecule has 1 amide bonds. The van der Waals surface area contributed by atoms with E-state index in [4.69, 9.17) is 0 Å². The Labute approximate surface area is 139 Å². The van der Waals surface area contributed by atoms with Gasteiger partial charge >= 0.3 is 5.91 Å². The Hall–Kier alpha value is -3.15. The summed E-state index contributed by atoms with van der Waals surface area (Å²) >= 11 is 0. The Morgan fingerprint density at radius 2 is 2.04 bits per heavy atom. The topological polar surface area (TPSA) is 84.7 Å². The average molecular weight is 322 g/mol. The van der Waals surface area contributed by atoms with Crippen LogP contribution >= 0.6 is 0 Å². The fraction of sp³-hybridized carbons (Fsp3) is 0.167. The van der Waals surface area contributed by atoms with E-state index in [1.54, 1.807) is 18.2 Å². The molecule has 122 valence electrons. The molecule has 1 aromatic carbocycles. The molecule has 0 aliphatic carbocycles. The first-order valence-electron chi connectivity index (χ1n) is 7.81. The average Bonchev–Trinajstić information content (AvgIpc) is 3.04. The van der Waals surface area contributed by atoms with Gasteiger partial charge in [-0.3, -0.25) is 15.2 Å². The van der Waals surface area contributed by atoms with Gasteiger partial charge in [0.2, 0.25) is 0 Å². The number of aromatic nitrogens is 3. The van der Waals surface area contributed by atoms with Crippen LogP contribution in [-0.4, -0.2) is 16.1 Å². The maximum Gasteiger partial charge on any atom is 0.322 e. The molecule has 0 spiro atoms. The van der Waals surface area contributed by atoms with E-state index in [1.807, 2.05) is 12.1 Å². The van der Waals surface area contributed by atoms with Crippen LogP contribution in [0.4, 0.5) is 5.82 Å². The molecule has 0 fully saturated rings. The van der Waals surface area contributed by atoms with Gasteiger partial charge in [0.05, 0.1) is 5.69 Å². The summed E-state index contributed by atoms with van der Waals surface area (Å²) in [5.41, 5.74) is 3.10. The van der Waals surface area contributed by atoms with Crippen molar-refractivity contribution in [2.45, 2.75) is 19.8 Å². The summed E-state index contributed by atoms with van der Waals surface area (Å²) in [7, 11) is 0. The number of hydrogen-bond acceptors (Lipinski definition) is 3. The van der Waals surface area contributed by atoms with E-state index >= 15 is 0 Å². The molecule has 2 N–H and O–H groups in total. The molecule has 3 aromatic rings. The van der Waals surface area contributed by atoms with Crippen LogP contribution in [0.5, 0.6) is 0 Å². The number of carbonyl (C=O) groups excluding carboxylic acids is 1. The molecule has 2 heterocycles. The highest BCUT2D eigenvalue weighted by Crippen LogP contribution is 2.20. The molecule has 0 saturated carbocycles. The zero-order valence-electron chi connectivity index (χ0n) is 13.3. The molecule has 6 heteroatoms. The van der Waals surface area contributed by atoms with Crippen LogP contribution < -0.4 is 10.0 Å². The minimum absolute atomic E-state index is 0.0194. The van der Waals surface area contributed by atoms with E-state index in [-0.39, 0.29) is 5.69 Å². The summed E-state index contributed by atoms with van der Waals surface area (Å²) in [6, 6.07) is 14.6. The number of amides is 1. The lowest BCUT2D eigenvalue weighted by atomic mass is 10.1. The summed E-state index contributed by atoms with van der Waals surface area (Å²) in [5.74, 6) is -0.126. The van der Waals surface area contributed by atoms with Crippen molar-refractivity contribution in [3.63, 3.8) is 0 Å². The first-order valence-corrected chi connectivity index (χ1v) is 7.81. The number of aryl methyl sites for hydroxylation is 1. The number of hydrogen-bond donors (Lipinski definition) is 2. The van der Waals surface area contributed by atoms with E-state index in [0.717, 1.165) is 24.1 Å². The van der Waals surface area contributed by atoms with Crippen molar-refractivity contribution in [1.82, 2.24) is 10.2 Å². The van der Waals surface area contributed by atoms with Gasteiger partial charge in [0.25, 0.3) is 5.69 Å². The zero-order chi connectivity index (χ0) is 16.9. The number of nitrogens with one attached hydrogen (secondary N) is 2. The second kappa shape index (κ2) is 6.95. The lowest BCUT2D eigenvalue weighted by Crippen LogP contribution is -2.36. The number of anilines is 1. The van der Waals surface area contributed by atoms with Gasteiger partial charge in [-0.05, 0) is 23.6 Å². The van der Waals surface area contributed by atoms with E-state index in [9.17, 15) is 10.0 Å². The Bertz CT molecular complexity index is 840. The number of carbonyl (C=O) groups is 1. The predicted molar refractivity (Wildman–Crippen MR) is 91.4 cm³/mol. The third-order valence-electron chi connectivity index (χ3n) is 3.68. The van der Waals surface area contributed by atoms with Crippen LogP contribution in [0.1, 0.15) is 29.4 Å². The SMILES string of the molecule is CCCc1ccc(-c2cc(NC(=O)c3cccc[n+]3[O-])n[nH]2)cc1. The normalized spacial score (nSPS) is 10.5. The fourth-order valence-corrected chi connectivity index (χ4v) is 2.46. The number of aromatic amines is 1. The highest BCUT2D eigenvalue weighted by molar-refractivity contribution is 6.01. The number of nitrogens with zero attached hydrogens (tertiary/aromatic N) is 2. The predicted octanol–water partition coefficient (Wildman–Crippen LogP) is 2.91. The van der Waals surface area contributed by atoms with Gasteiger partial charge in [0.1, 0.15) is 0 Å². The van der Waals surface area contributed by atoms with Gasteiger partial charge in [-0.25, -0.2) is 0 Å². The molecule has 2 aromatic heterocycles. The molecule has 0 aliphatic rings. The number of pyridine rings is 1. The van der Waals surface area contributed by atoms with Crippen molar-refractivity contribution >= 4 is 11.7 Å². The van der Waals surface area contributed by atoms with Crippen LogP contribution in [0.25, 0.3) is 11.3 Å². The van der Waals surface area contributed by atoms with Gasteiger partial charge in [-0.2, -0.15) is 9.83 Å². The maximum absolute atomic E-state index is 12.1. The fourth-order valence-electron chi connectivity index (χ4n) is 2.46. The van der Waals surface area contributed by atoms with Crippen LogP contribution in [0, 0.1) is 5.21 Å². The van der Waals surface area contributed by atoms with E-state index in [2.05, 4.69) is 34.6 Å². The third kappa shape index (κ3) is 3.43. The van der Waals surface area contributed by atoms with E-state index in [0.29, 0.717) is 10.5 Å². The molecule has 0 atom stereocenters. The van der Waals surface area contributed by atoms with Gasteiger partial charge in [0.15, 0.2) is 12.0 Å². The van der Waals surface area contributed by atoms with Crippen LogP contribution in [0.2, 0.25) is 0 Å². The molecule has 6 nitrogen and oxygen atoms in total. The summed E-state index contributed by atoms with van der Waals surface area (Å²) in [5, 5.41) is 21.2. The molecule has 0 unspecified atom stereocenters. The minimum atomic E-state index is -0.498. The first-order chi connectivity index (χ1) is 11.7. The van der Waals surface area contributed by atoms with Crippen molar-refractivity contribution in [3.05, 3.63) is 71.2 Å². The molecular formula is C18H18N4O2. The number of benzene rings is 1. The Balaban J connectivity index is 1.73. The monoisotopic (exact) mass is 322 g/mol.